The van der Waals surface area contributed by atoms with Gasteiger partial charge in [0.05, 0.1) is 11.3 Å². The molecule has 1 fully saturated rings. The number of aromatic amines is 1. The van der Waals surface area contributed by atoms with Gasteiger partial charge in [0.2, 0.25) is 5.78 Å². The molecule has 4 aromatic rings. The Kier molecular flexibility index (Phi) is 9.53. The Morgan fingerprint density at radius 2 is 1.84 bits per heavy atom. The highest BCUT2D eigenvalue weighted by Gasteiger charge is 2.27. The van der Waals surface area contributed by atoms with Crippen molar-refractivity contribution in [3.8, 4) is 22.4 Å². The number of guanidine groups is 1. The van der Waals surface area contributed by atoms with Crippen molar-refractivity contribution in [3.63, 3.8) is 0 Å². The van der Waals surface area contributed by atoms with Crippen molar-refractivity contribution in [1.82, 2.24) is 29.9 Å². The van der Waals surface area contributed by atoms with Crippen LogP contribution in [-0.2, 0) is 6.54 Å². The lowest BCUT2D eigenvalue weighted by molar-refractivity contribution is 0.0866. The summed E-state index contributed by atoms with van der Waals surface area (Å²) < 4.78 is 1.82. The van der Waals surface area contributed by atoms with Gasteiger partial charge in [-0.25, -0.2) is 4.98 Å². The van der Waals surface area contributed by atoms with Gasteiger partial charge in [-0.05, 0) is 61.7 Å². The van der Waals surface area contributed by atoms with Gasteiger partial charge in [0, 0.05) is 49.2 Å². The normalized spacial score (nSPS) is 17.2. The van der Waals surface area contributed by atoms with Crippen LogP contribution in [0.15, 0.2) is 70.7 Å². The number of imidazole rings is 1. The smallest absolute Gasteiger partial charge is 0.260 e. The number of hydrogen-bond acceptors (Lipinski definition) is 6. The molecule has 1 aliphatic heterocycles. The molecule has 0 saturated carbocycles. The first-order valence-electron chi connectivity index (χ1n) is 14.9. The molecule has 0 radical (unpaired) electrons. The van der Waals surface area contributed by atoms with Crippen molar-refractivity contribution < 1.29 is 4.79 Å². The van der Waals surface area contributed by atoms with Gasteiger partial charge in [-0.1, -0.05) is 50.2 Å². The first-order valence-corrected chi connectivity index (χ1v) is 14.9. The predicted molar refractivity (Wildman–Crippen MR) is 171 cm³/mol. The van der Waals surface area contributed by atoms with Gasteiger partial charge in [-0.3, -0.25) is 24.0 Å². The third-order valence-electron chi connectivity index (χ3n) is 8.12. The van der Waals surface area contributed by atoms with Crippen molar-refractivity contribution >= 4 is 17.6 Å². The van der Waals surface area contributed by atoms with Crippen LogP contribution in [-0.4, -0.2) is 69.9 Å². The summed E-state index contributed by atoms with van der Waals surface area (Å²) >= 11 is 0. The molecule has 7 N–H and O–H groups in total. The molecular formula is C32H41N9O2. The fourth-order valence-electron chi connectivity index (χ4n) is 5.40. The quantitative estimate of drug-likeness (QED) is 0.103. The summed E-state index contributed by atoms with van der Waals surface area (Å²) in [4.78, 5) is 39.8. The van der Waals surface area contributed by atoms with Crippen LogP contribution in [0.3, 0.4) is 0 Å². The number of fused-ring (bicyclic) bond motifs is 1. The van der Waals surface area contributed by atoms with Crippen LogP contribution in [0.5, 0.6) is 0 Å². The summed E-state index contributed by atoms with van der Waals surface area (Å²) in [6, 6.07) is 15.5. The average Bonchev–Trinajstić information content (AvgIpc) is 3.42. The first-order chi connectivity index (χ1) is 20.8. The summed E-state index contributed by atoms with van der Waals surface area (Å²) in [5, 5.41) is 6.59. The highest BCUT2D eigenvalue weighted by molar-refractivity contribution is 5.94. The second-order valence-electron chi connectivity index (χ2n) is 11.2. The van der Waals surface area contributed by atoms with E-state index in [1.54, 1.807) is 6.20 Å². The molecule has 226 valence electrons. The Balaban J connectivity index is 1.23. The minimum atomic E-state index is -0.208. The maximum atomic E-state index is 13.0. The van der Waals surface area contributed by atoms with Gasteiger partial charge in [0.1, 0.15) is 0 Å². The number of likely N-dealkylation sites (tertiary alicyclic amines) is 1. The number of carbonyl (C=O) groups excluding carboxylic acids is 1. The second-order valence-corrected chi connectivity index (χ2v) is 11.2. The maximum Gasteiger partial charge on any atom is 0.260 e. The lowest BCUT2D eigenvalue weighted by Gasteiger charge is -2.36. The van der Waals surface area contributed by atoms with E-state index in [2.05, 4.69) is 44.3 Å². The largest absolute Gasteiger partial charge is 0.370 e. The standard InChI is InChI=1S/C32H41N9O2/c1-3-40-16-13-21(2)27(19-40)37-29(42)25-11-9-24(10-12-25)28-20-41-18-26(30(43)39-32(41)38-28)23-7-5-22(6-8-23)17-35-14-4-15-36-31(33)34/h5-12,18,20-21,27,35H,3-4,13-17,19H2,1-2H3,(H,37,42)(H4,33,34,36)(H,38,39,43). The van der Waals surface area contributed by atoms with Crippen LogP contribution >= 0.6 is 0 Å². The molecule has 11 heteroatoms. The van der Waals surface area contributed by atoms with Crippen LogP contribution in [0, 0.1) is 5.92 Å². The molecule has 43 heavy (non-hydrogen) atoms. The summed E-state index contributed by atoms with van der Waals surface area (Å²) in [7, 11) is 0. The molecule has 1 amide bonds. The number of hydrogen-bond donors (Lipinski definition) is 5. The van der Waals surface area contributed by atoms with Gasteiger partial charge in [-0.2, -0.15) is 0 Å². The predicted octanol–water partition coefficient (Wildman–Crippen LogP) is 2.57. The number of nitrogens with one attached hydrogen (secondary N) is 3. The number of benzene rings is 2. The van der Waals surface area contributed by atoms with Crippen molar-refractivity contribution in [1.29, 1.82) is 0 Å². The summed E-state index contributed by atoms with van der Waals surface area (Å²) in [5.41, 5.74) is 15.2. The van der Waals surface area contributed by atoms with Crippen molar-refractivity contribution in [3.05, 3.63) is 82.4 Å². The van der Waals surface area contributed by atoms with E-state index >= 15 is 0 Å². The van der Waals surface area contributed by atoms with Crippen molar-refractivity contribution in [2.75, 3.05) is 32.7 Å². The van der Waals surface area contributed by atoms with Gasteiger partial charge >= 0.3 is 0 Å². The van der Waals surface area contributed by atoms with E-state index in [-0.39, 0.29) is 23.5 Å². The van der Waals surface area contributed by atoms with Gasteiger partial charge < -0.3 is 27.0 Å². The molecule has 1 saturated heterocycles. The molecule has 2 aromatic heterocycles. The number of rotatable bonds is 11. The SMILES string of the molecule is CCN1CCC(C)C(NC(=O)c2ccc(-c3cn4cc(-c5ccc(CNCCCN=C(N)N)cc5)c(=O)[nH]c4n3)cc2)C1. The molecule has 0 aliphatic carbocycles. The van der Waals surface area contributed by atoms with Gasteiger partial charge in [0.15, 0.2) is 5.96 Å². The van der Waals surface area contributed by atoms with Crippen LogP contribution in [0.4, 0.5) is 0 Å². The Morgan fingerprint density at radius 1 is 1.09 bits per heavy atom. The summed E-state index contributed by atoms with van der Waals surface area (Å²) in [6.07, 6.45) is 5.61. The number of H-pyrrole nitrogens is 1. The van der Waals surface area contributed by atoms with Crippen LogP contribution < -0.4 is 27.7 Å². The van der Waals surface area contributed by atoms with E-state index in [1.165, 1.54) is 0 Å². The molecule has 2 unspecified atom stereocenters. The zero-order valence-electron chi connectivity index (χ0n) is 24.8. The highest BCUT2D eigenvalue weighted by atomic mass is 16.1. The van der Waals surface area contributed by atoms with E-state index < -0.39 is 0 Å². The zero-order valence-corrected chi connectivity index (χ0v) is 24.8. The minimum Gasteiger partial charge on any atom is -0.370 e. The van der Waals surface area contributed by atoms with Gasteiger partial charge in [0.25, 0.3) is 11.5 Å². The third kappa shape index (κ3) is 7.49. The van der Waals surface area contributed by atoms with Crippen LogP contribution in [0.1, 0.15) is 42.6 Å². The van der Waals surface area contributed by atoms with Crippen LogP contribution in [0.25, 0.3) is 28.2 Å². The van der Waals surface area contributed by atoms with E-state index in [1.807, 2.05) is 59.1 Å². The number of nitrogens with zero attached hydrogens (tertiary/aromatic N) is 4. The van der Waals surface area contributed by atoms with E-state index in [0.717, 1.165) is 55.7 Å². The lowest BCUT2D eigenvalue weighted by Crippen LogP contribution is -2.51. The van der Waals surface area contributed by atoms with Crippen molar-refractivity contribution in [2.45, 2.75) is 39.3 Å². The molecule has 1 aliphatic rings. The topological polar surface area (TPSA) is 159 Å². The number of nitrogens with two attached hydrogens (primary N) is 2. The average molecular weight is 584 g/mol. The number of carbonyl (C=O) groups is 1. The molecule has 2 aromatic carbocycles. The van der Waals surface area contributed by atoms with Gasteiger partial charge in [-0.15, -0.1) is 0 Å². The number of piperidine rings is 1. The molecule has 0 spiro atoms. The number of amides is 1. The second kappa shape index (κ2) is 13.7. The Morgan fingerprint density at radius 3 is 2.56 bits per heavy atom. The van der Waals surface area contributed by atoms with E-state index in [0.29, 0.717) is 41.6 Å². The Bertz CT molecular complexity index is 1620. The molecule has 11 nitrogen and oxygen atoms in total. The summed E-state index contributed by atoms with van der Waals surface area (Å²) in [6.45, 7) is 9.42. The Hall–Kier alpha value is -4.48. The lowest BCUT2D eigenvalue weighted by atomic mass is 9.93. The molecule has 3 heterocycles. The Labute approximate surface area is 251 Å². The molecular weight excluding hydrogens is 542 g/mol. The maximum absolute atomic E-state index is 13.0. The monoisotopic (exact) mass is 583 g/mol. The zero-order chi connectivity index (χ0) is 30.3. The van der Waals surface area contributed by atoms with E-state index in [9.17, 15) is 9.59 Å². The molecule has 0 bridgehead atoms. The van der Waals surface area contributed by atoms with E-state index in [4.69, 9.17) is 11.5 Å². The number of likely N-dealkylation sites (N-methyl/N-ethyl adjacent to an activating group) is 1. The highest BCUT2D eigenvalue weighted by Crippen LogP contribution is 2.22. The number of aliphatic imine (C=N–C) groups is 1. The fourth-order valence-corrected chi connectivity index (χ4v) is 5.40. The minimum absolute atomic E-state index is 0.0602. The van der Waals surface area contributed by atoms with Crippen LogP contribution in [0.2, 0.25) is 0 Å². The van der Waals surface area contributed by atoms with Crippen molar-refractivity contribution in [2.24, 2.45) is 22.4 Å². The molecule has 5 rings (SSSR count). The number of aromatic nitrogens is 3. The first kappa shape index (κ1) is 30.0. The summed E-state index contributed by atoms with van der Waals surface area (Å²) in [5.74, 6) is 0.956. The third-order valence-corrected chi connectivity index (χ3v) is 8.12. The fraction of sp³-hybridized carbons (Fsp3) is 0.375. The molecule has 2 atom stereocenters.